The molecule has 0 radical (unpaired) electrons. The van der Waals surface area contributed by atoms with Crippen molar-refractivity contribution < 1.29 is 31.9 Å². The Balaban J connectivity index is 1.69. The monoisotopic (exact) mass is 690 g/mol. The number of alkyl halides is 3. The van der Waals surface area contributed by atoms with Crippen molar-refractivity contribution in [3.05, 3.63) is 70.7 Å². The summed E-state index contributed by atoms with van der Waals surface area (Å²) in [6.07, 6.45) is -3.42. The lowest BCUT2D eigenvalue weighted by atomic mass is 9.78. The summed E-state index contributed by atoms with van der Waals surface area (Å²) in [5.41, 5.74) is 4.73. The van der Waals surface area contributed by atoms with Gasteiger partial charge in [-0.25, -0.2) is 9.18 Å². The summed E-state index contributed by atoms with van der Waals surface area (Å²) in [4.78, 5) is 44.3. The van der Waals surface area contributed by atoms with Crippen molar-refractivity contribution in [2.24, 2.45) is 17.6 Å². The highest BCUT2D eigenvalue weighted by Crippen LogP contribution is 2.40. The fourth-order valence-electron chi connectivity index (χ4n) is 6.10. The van der Waals surface area contributed by atoms with E-state index in [1.165, 1.54) is 24.3 Å². The van der Waals surface area contributed by atoms with Crippen LogP contribution in [0.15, 0.2) is 42.5 Å². The predicted molar refractivity (Wildman–Crippen MR) is 179 cm³/mol. The van der Waals surface area contributed by atoms with Gasteiger partial charge in [0.25, 0.3) is 0 Å². The highest BCUT2D eigenvalue weighted by molar-refractivity contribution is 7.80. The quantitative estimate of drug-likeness (QED) is 0.112. The molecule has 2 aromatic carbocycles. The van der Waals surface area contributed by atoms with Gasteiger partial charge in [-0.05, 0) is 42.4 Å². The summed E-state index contributed by atoms with van der Waals surface area (Å²) in [6.45, 7) is 7.25. The summed E-state index contributed by atoms with van der Waals surface area (Å²) in [5, 5.41) is 11.3. The van der Waals surface area contributed by atoms with Crippen LogP contribution in [0.5, 0.6) is 0 Å². The number of carbonyl (C=O) groups excluding carboxylic acids is 3. The van der Waals surface area contributed by atoms with E-state index in [1.54, 1.807) is 19.1 Å². The Bertz CT molecular complexity index is 1680. The number of nitrogens with one attached hydrogen (secondary N) is 5. The first-order valence-corrected chi connectivity index (χ1v) is 16.4. The normalized spacial score (nSPS) is 18.6. The second kappa shape index (κ2) is 14.9. The van der Waals surface area contributed by atoms with Gasteiger partial charge in [-0.1, -0.05) is 83.1 Å². The van der Waals surface area contributed by atoms with Gasteiger partial charge < -0.3 is 32.0 Å². The maximum atomic E-state index is 14.3. The number of fused-ring (bicyclic) bond motifs is 3. The van der Waals surface area contributed by atoms with E-state index in [4.69, 9.17) is 18.0 Å². The van der Waals surface area contributed by atoms with Gasteiger partial charge in [0.15, 0.2) is 0 Å². The number of aryl methyl sites for hydroxylation is 1. The SMILES string of the molecule is CCC(C)[C@H](NC(=O)NCc1ccccc1F)C(=O)N[C@]1(C(=O)NC(C(N)=S)[C@@H](C)CC)CCc2[nH]c3c(C(F)(F)F)cccc3c2C1. The standard InChI is InChI=1S/C34H42F4N6O3S/c1-5-18(3)26(29(39)48)42-31(46)33(15-14-25-22(16-33)21-11-9-12-23(28(21)41-25)34(36,37)38)44-30(45)27(19(4)6-2)43-32(47)40-17-20-10-7-8-13-24(20)35/h7-13,18-19,26-27,41H,5-6,14-17H2,1-4H3,(H2,39,48)(H,42,46)(H,44,45)(H2,40,43,47)/t18-,19?,26?,27-,33+/m0/s1. The number of hydrogen-bond acceptors (Lipinski definition) is 4. The second-order valence-electron chi connectivity index (χ2n) is 12.6. The third kappa shape index (κ3) is 7.91. The van der Waals surface area contributed by atoms with Gasteiger partial charge in [0.05, 0.1) is 22.1 Å². The molecule has 0 spiro atoms. The van der Waals surface area contributed by atoms with E-state index >= 15 is 0 Å². The van der Waals surface area contributed by atoms with Gasteiger partial charge in [-0.2, -0.15) is 13.2 Å². The maximum Gasteiger partial charge on any atom is 0.418 e. The molecule has 260 valence electrons. The van der Waals surface area contributed by atoms with Crippen LogP contribution < -0.4 is 27.0 Å². The van der Waals surface area contributed by atoms with Crippen molar-refractivity contribution in [2.45, 2.75) is 90.1 Å². The van der Waals surface area contributed by atoms with Crippen molar-refractivity contribution in [1.29, 1.82) is 0 Å². The number of carbonyl (C=O) groups is 3. The molecule has 7 N–H and O–H groups in total. The minimum absolute atomic E-state index is 0.0447. The first-order valence-electron chi connectivity index (χ1n) is 16.0. The lowest BCUT2D eigenvalue weighted by Crippen LogP contribution is -2.67. The number of H-pyrrole nitrogens is 1. The van der Waals surface area contributed by atoms with E-state index in [2.05, 4.69) is 26.3 Å². The molecule has 4 amide bonds. The van der Waals surface area contributed by atoms with E-state index in [9.17, 15) is 31.9 Å². The Morgan fingerprint density at radius 1 is 1.00 bits per heavy atom. The average Bonchev–Trinajstić information content (AvgIpc) is 3.41. The summed E-state index contributed by atoms with van der Waals surface area (Å²) in [6, 6.07) is 7.27. The van der Waals surface area contributed by atoms with Crippen LogP contribution in [0, 0.1) is 17.7 Å². The van der Waals surface area contributed by atoms with Crippen LogP contribution in [0.3, 0.4) is 0 Å². The number of amides is 4. The largest absolute Gasteiger partial charge is 0.418 e. The van der Waals surface area contributed by atoms with Gasteiger partial charge in [0.2, 0.25) is 11.8 Å². The molecule has 1 heterocycles. The van der Waals surface area contributed by atoms with Crippen LogP contribution in [-0.2, 0) is 35.2 Å². The van der Waals surface area contributed by atoms with Crippen LogP contribution >= 0.6 is 12.2 Å². The zero-order valence-corrected chi connectivity index (χ0v) is 28.1. The Morgan fingerprint density at radius 2 is 1.67 bits per heavy atom. The number of nitrogens with two attached hydrogens (primary N) is 1. The number of rotatable bonds is 12. The number of aromatic nitrogens is 1. The molecule has 3 aromatic rings. The first kappa shape index (κ1) is 36.6. The highest BCUT2D eigenvalue weighted by Gasteiger charge is 2.47. The van der Waals surface area contributed by atoms with Crippen LogP contribution in [0.1, 0.15) is 69.3 Å². The van der Waals surface area contributed by atoms with E-state index in [0.29, 0.717) is 29.5 Å². The molecule has 0 fully saturated rings. The van der Waals surface area contributed by atoms with Gasteiger partial charge in [0, 0.05) is 29.6 Å². The Morgan fingerprint density at radius 3 is 2.29 bits per heavy atom. The van der Waals surface area contributed by atoms with Crippen LogP contribution in [0.2, 0.25) is 0 Å². The van der Waals surface area contributed by atoms with Gasteiger partial charge in [-0.3, -0.25) is 9.59 Å². The minimum atomic E-state index is -4.61. The molecule has 0 saturated carbocycles. The second-order valence-corrected chi connectivity index (χ2v) is 13.0. The average molecular weight is 691 g/mol. The molecule has 1 aromatic heterocycles. The molecule has 4 rings (SSSR count). The lowest BCUT2D eigenvalue weighted by molar-refractivity contribution is -0.136. The summed E-state index contributed by atoms with van der Waals surface area (Å²) in [7, 11) is 0. The van der Waals surface area contributed by atoms with E-state index in [-0.39, 0.29) is 47.8 Å². The zero-order chi connectivity index (χ0) is 35.4. The van der Waals surface area contributed by atoms with E-state index in [1.807, 2.05) is 20.8 Å². The number of halogens is 4. The van der Waals surface area contributed by atoms with Crippen molar-refractivity contribution in [1.82, 2.24) is 26.3 Å². The molecule has 0 aliphatic heterocycles. The lowest BCUT2D eigenvalue weighted by Gasteiger charge is -2.40. The van der Waals surface area contributed by atoms with E-state index in [0.717, 1.165) is 6.07 Å². The maximum absolute atomic E-state index is 14.3. The highest BCUT2D eigenvalue weighted by atomic mass is 32.1. The molecule has 0 bridgehead atoms. The molecule has 2 unspecified atom stereocenters. The molecule has 9 nitrogen and oxygen atoms in total. The third-order valence-corrected chi connectivity index (χ3v) is 9.65. The third-order valence-electron chi connectivity index (χ3n) is 9.40. The molecule has 0 saturated heterocycles. The van der Waals surface area contributed by atoms with Gasteiger partial charge in [-0.15, -0.1) is 0 Å². The van der Waals surface area contributed by atoms with Crippen molar-refractivity contribution >= 4 is 46.0 Å². The number of para-hydroxylation sites is 1. The molecule has 1 aliphatic rings. The fraction of sp³-hybridized carbons (Fsp3) is 0.471. The van der Waals surface area contributed by atoms with Crippen molar-refractivity contribution in [3.63, 3.8) is 0 Å². The molecular formula is C34H42F4N6O3S. The smallest absolute Gasteiger partial charge is 0.392 e. The number of hydrogen-bond donors (Lipinski definition) is 6. The molecule has 14 heteroatoms. The predicted octanol–water partition coefficient (Wildman–Crippen LogP) is 5.40. The van der Waals surface area contributed by atoms with Crippen molar-refractivity contribution in [2.75, 3.05) is 0 Å². The minimum Gasteiger partial charge on any atom is -0.392 e. The first-order chi connectivity index (χ1) is 22.6. The van der Waals surface area contributed by atoms with Gasteiger partial charge in [0.1, 0.15) is 17.4 Å². The number of urea groups is 1. The Labute approximate surface area is 282 Å². The van der Waals surface area contributed by atoms with Crippen LogP contribution in [0.25, 0.3) is 10.9 Å². The Kier molecular flexibility index (Phi) is 11.4. The number of benzene rings is 2. The Hall–Kier alpha value is -4.20. The summed E-state index contributed by atoms with van der Waals surface area (Å²) in [5.74, 6) is -2.28. The molecule has 5 atom stereocenters. The molecular weight excluding hydrogens is 648 g/mol. The van der Waals surface area contributed by atoms with E-state index < -0.39 is 58.9 Å². The zero-order valence-electron chi connectivity index (χ0n) is 27.3. The van der Waals surface area contributed by atoms with Crippen molar-refractivity contribution in [3.8, 4) is 0 Å². The molecule has 1 aliphatic carbocycles. The van der Waals surface area contributed by atoms with Crippen LogP contribution in [0.4, 0.5) is 22.4 Å². The van der Waals surface area contributed by atoms with Crippen LogP contribution in [-0.4, -0.2) is 45.4 Å². The van der Waals surface area contributed by atoms with Gasteiger partial charge >= 0.3 is 12.2 Å². The topological polar surface area (TPSA) is 141 Å². The summed E-state index contributed by atoms with van der Waals surface area (Å²) < 4.78 is 55.9. The molecule has 48 heavy (non-hydrogen) atoms. The fourth-order valence-corrected chi connectivity index (χ4v) is 6.39. The summed E-state index contributed by atoms with van der Waals surface area (Å²) >= 11 is 5.26. The number of aromatic amines is 1. The number of thiocarbonyl (C=S) groups is 1.